The van der Waals surface area contributed by atoms with Crippen molar-refractivity contribution < 1.29 is 4.79 Å². The fourth-order valence-corrected chi connectivity index (χ4v) is 0.658. The Morgan fingerprint density at radius 2 is 2.00 bits per heavy atom. The van der Waals surface area contributed by atoms with Gasteiger partial charge in [0.2, 0.25) is 0 Å². The fraction of sp³-hybridized carbons (Fsp3) is 0.500. The van der Waals surface area contributed by atoms with E-state index in [0.717, 1.165) is 11.8 Å². The second-order valence-corrected chi connectivity index (χ2v) is 2.75. The first kappa shape index (κ1) is 8.84. The normalized spacial score (nSPS) is 8.67. The monoisotopic (exact) mass is 164 g/mol. The minimum absolute atomic E-state index is 0.186. The maximum absolute atomic E-state index is 10.5. The SMILES string of the molecule is CSC(=N)NC(=O)SC. The van der Waals surface area contributed by atoms with E-state index in [1.54, 1.807) is 12.5 Å². The molecule has 0 spiro atoms. The van der Waals surface area contributed by atoms with E-state index < -0.39 is 0 Å². The predicted octanol–water partition coefficient (Wildman–Crippen LogP) is 1.36. The van der Waals surface area contributed by atoms with E-state index in [0.29, 0.717) is 0 Å². The molecule has 3 nitrogen and oxygen atoms in total. The maximum Gasteiger partial charge on any atom is 0.284 e. The first-order valence-electron chi connectivity index (χ1n) is 2.18. The van der Waals surface area contributed by atoms with Crippen LogP contribution in [0.2, 0.25) is 0 Å². The van der Waals surface area contributed by atoms with Crippen LogP contribution in [0.1, 0.15) is 0 Å². The highest BCUT2D eigenvalue weighted by molar-refractivity contribution is 8.15. The summed E-state index contributed by atoms with van der Waals surface area (Å²) >= 11 is 2.27. The summed E-state index contributed by atoms with van der Waals surface area (Å²) in [6.07, 6.45) is 3.41. The van der Waals surface area contributed by atoms with Crippen molar-refractivity contribution in [1.29, 1.82) is 5.41 Å². The third-order valence-electron chi connectivity index (χ3n) is 0.605. The molecule has 0 rings (SSSR count). The Kier molecular flexibility index (Phi) is 4.61. The Morgan fingerprint density at radius 1 is 1.44 bits per heavy atom. The third kappa shape index (κ3) is 4.35. The van der Waals surface area contributed by atoms with Crippen molar-refractivity contribution in [1.82, 2.24) is 5.32 Å². The summed E-state index contributed by atoms with van der Waals surface area (Å²) < 4.78 is 0. The van der Waals surface area contributed by atoms with E-state index in [1.807, 2.05) is 0 Å². The molecule has 2 N–H and O–H groups in total. The molecule has 0 bridgehead atoms. The largest absolute Gasteiger partial charge is 0.296 e. The van der Waals surface area contributed by atoms with Crippen molar-refractivity contribution in [2.24, 2.45) is 0 Å². The van der Waals surface area contributed by atoms with Crippen LogP contribution >= 0.6 is 23.5 Å². The van der Waals surface area contributed by atoms with Crippen molar-refractivity contribution in [3.63, 3.8) is 0 Å². The van der Waals surface area contributed by atoms with Gasteiger partial charge in [-0.15, -0.1) is 0 Å². The summed E-state index contributed by atoms with van der Waals surface area (Å²) in [6.45, 7) is 0. The maximum atomic E-state index is 10.5. The molecule has 0 aliphatic carbocycles. The molecule has 0 unspecified atom stereocenters. The molecule has 0 aromatic rings. The standard InChI is InChI=1S/C4H8N2OS2/c1-8-3(5)6-4(7)9-2/h1-2H3,(H2,5,6,7). The summed E-state index contributed by atoms with van der Waals surface area (Å²) in [5, 5.41) is 9.34. The molecule has 0 fully saturated rings. The van der Waals surface area contributed by atoms with Gasteiger partial charge in [0, 0.05) is 0 Å². The predicted molar refractivity (Wildman–Crippen MR) is 43.3 cm³/mol. The van der Waals surface area contributed by atoms with E-state index in [4.69, 9.17) is 5.41 Å². The lowest BCUT2D eigenvalue weighted by atomic mass is 11.1. The number of hydrogen-bond acceptors (Lipinski definition) is 4. The molecular formula is C4H8N2OS2. The van der Waals surface area contributed by atoms with Crippen LogP contribution in [0.4, 0.5) is 4.79 Å². The van der Waals surface area contributed by atoms with Gasteiger partial charge in [-0.05, 0) is 12.5 Å². The summed E-state index contributed by atoms with van der Waals surface area (Å²) in [6, 6.07) is 0. The second kappa shape index (κ2) is 4.69. The fourth-order valence-electron chi connectivity index (χ4n) is 0.195. The molecule has 0 atom stereocenters. The lowest BCUT2D eigenvalue weighted by molar-refractivity contribution is 0.264. The number of carbonyl (C=O) groups excluding carboxylic acids is 1. The number of thioether (sulfide) groups is 2. The molecule has 0 aromatic heterocycles. The van der Waals surface area contributed by atoms with Gasteiger partial charge in [0.05, 0.1) is 0 Å². The van der Waals surface area contributed by atoms with Crippen LogP contribution in [0.25, 0.3) is 0 Å². The number of carbonyl (C=O) groups is 1. The molecule has 0 saturated heterocycles. The number of nitrogens with one attached hydrogen (secondary N) is 2. The Bertz CT molecular complexity index is 112. The Labute approximate surface area is 62.5 Å². The van der Waals surface area contributed by atoms with E-state index in [9.17, 15) is 4.79 Å². The zero-order chi connectivity index (χ0) is 7.28. The molecule has 52 valence electrons. The Hall–Kier alpha value is -0.160. The van der Waals surface area contributed by atoms with E-state index in [2.05, 4.69) is 5.32 Å². The Balaban J connectivity index is 3.47. The van der Waals surface area contributed by atoms with Gasteiger partial charge < -0.3 is 0 Å². The molecular weight excluding hydrogens is 156 g/mol. The average molecular weight is 164 g/mol. The number of hydrogen-bond donors (Lipinski definition) is 2. The van der Waals surface area contributed by atoms with Gasteiger partial charge >= 0.3 is 0 Å². The number of amidine groups is 1. The molecule has 0 radical (unpaired) electrons. The molecule has 0 heterocycles. The van der Waals surface area contributed by atoms with Gasteiger partial charge in [0.25, 0.3) is 5.24 Å². The summed E-state index contributed by atoms with van der Waals surface area (Å²) in [4.78, 5) is 10.5. The Morgan fingerprint density at radius 3 is 2.33 bits per heavy atom. The van der Waals surface area contributed by atoms with Gasteiger partial charge in [0.15, 0.2) is 5.17 Å². The minimum atomic E-state index is -0.186. The van der Waals surface area contributed by atoms with E-state index in [1.165, 1.54) is 11.8 Å². The zero-order valence-corrected chi connectivity index (χ0v) is 6.86. The summed E-state index contributed by atoms with van der Waals surface area (Å²) in [5.41, 5.74) is 0. The molecule has 1 amide bonds. The first-order valence-corrected chi connectivity index (χ1v) is 4.63. The number of rotatable bonds is 0. The van der Waals surface area contributed by atoms with Crippen LogP contribution in [0.5, 0.6) is 0 Å². The number of amides is 1. The molecule has 0 aliphatic rings. The van der Waals surface area contributed by atoms with Gasteiger partial charge in [-0.25, -0.2) is 0 Å². The third-order valence-corrected chi connectivity index (χ3v) is 1.59. The zero-order valence-electron chi connectivity index (χ0n) is 5.22. The highest BCUT2D eigenvalue weighted by Crippen LogP contribution is 1.96. The second-order valence-electron chi connectivity index (χ2n) is 1.15. The smallest absolute Gasteiger partial charge is 0.284 e. The molecule has 9 heavy (non-hydrogen) atoms. The van der Waals surface area contributed by atoms with Gasteiger partial charge in [0.1, 0.15) is 0 Å². The molecule has 0 aromatic carbocycles. The van der Waals surface area contributed by atoms with Crippen LogP contribution < -0.4 is 5.32 Å². The lowest BCUT2D eigenvalue weighted by Gasteiger charge is -1.98. The molecule has 5 heteroatoms. The van der Waals surface area contributed by atoms with Crippen molar-refractivity contribution in [3.8, 4) is 0 Å². The van der Waals surface area contributed by atoms with Gasteiger partial charge in [-0.1, -0.05) is 23.5 Å². The van der Waals surface area contributed by atoms with Crippen molar-refractivity contribution in [3.05, 3.63) is 0 Å². The molecule has 0 aliphatic heterocycles. The van der Waals surface area contributed by atoms with Crippen LogP contribution in [0.15, 0.2) is 0 Å². The van der Waals surface area contributed by atoms with E-state index >= 15 is 0 Å². The van der Waals surface area contributed by atoms with Crippen molar-refractivity contribution >= 4 is 33.9 Å². The minimum Gasteiger partial charge on any atom is -0.296 e. The summed E-state index contributed by atoms with van der Waals surface area (Å²) in [7, 11) is 0. The lowest BCUT2D eigenvalue weighted by Crippen LogP contribution is -2.22. The van der Waals surface area contributed by atoms with Crippen LogP contribution in [0.3, 0.4) is 0 Å². The van der Waals surface area contributed by atoms with Crippen LogP contribution in [-0.4, -0.2) is 22.9 Å². The van der Waals surface area contributed by atoms with Crippen molar-refractivity contribution in [2.75, 3.05) is 12.5 Å². The first-order chi connectivity index (χ1) is 4.20. The van der Waals surface area contributed by atoms with Gasteiger partial charge in [-0.2, -0.15) is 0 Å². The van der Waals surface area contributed by atoms with Gasteiger partial charge in [-0.3, -0.25) is 15.5 Å². The quantitative estimate of drug-likeness (QED) is 0.420. The van der Waals surface area contributed by atoms with Crippen molar-refractivity contribution in [2.45, 2.75) is 0 Å². The molecule has 0 saturated carbocycles. The highest BCUT2D eigenvalue weighted by Gasteiger charge is 1.98. The van der Waals surface area contributed by atoms with Crippen LogP contribution in [-0.2, 0) is 0 Å². The summed E-state index contributed by atoms with van der Waals surface area (Å²) in [5.74, 6) is 0. The topological polar surface area (TPSA) is 53.0 Å². The average Bonchev–Trinajstić information content (AvgIpc) is 1.87. The highest BCUT2D eigenvalue weighted by atomic mass is 32.2. The van der Waals surface area contributed by atoms with E-state index in [-0.39, 0.29) is 10.4 Å². The van der Waals surface area contributed by atoms with Crippen LogP contribution in [0, 0.1) is 5.41 Å².